The first-order chi connectivity index (χ1) is 11.6. The highest BCUT2D eigenvalue weighted by Crippen LogP contribution is 2.14. The van der Waals surface area contributed by atoms with Gasteiger partial charge < -0.3 is 14.4 Å². The van der Waals surface area contributed by atoms with Crippen LogP contribution in [0.3, 0.4) is 0 Å². The Morgan fingerprint density at radius 3 is 2.75 bits per heavy atom. The van der Waals surface area contributed by atoms with Crippen molar-refractivity contribution in [2.45, 2.75) is 25.4 Å². The van der Waals surface area contributed by atoms with Crippen LogP contribution in [0.4, 0.5) is 4.39 Å². The number of rotatable bonds is 7. The van der Waals surface area contributed by atoms with Crippen LogP contribution in [0.1, 0.15) is 24.8 Å². The molecular weight excluding hydrogens is 313 g/mol. The number of carbonyl (C=O) groups excluding carboxylic acids is 2. The van der Waals surface area contributed by atoms with Crippen LogP contribution in [0, 0.1) is 5.82 Å². The molecular formula is C18H22FNO4. The smallest absolute Gasteiger partial charge is 0.307 e. The van der Waals surface area contributed by atoms with Gasteiger partial charge in [-0.05, 0) is 36.6 Å². The highest BCUT2D eigenvalue weighted by atomic mass is 19.1. The number of hydrogen-bond donors (Lipinski definition) is 0. The summed E-state index contributed by atoms with van der Waals surface area (Å²) < 4.78 is 23.1. The standard InChI is InChI=1S/C18H22FNO4/c1-23-18(22)10-11-20(13-16-3-2-12-24-16)17(21)9-6-14-4-7-15(19)8-5-14/h4-9,16H,2-3,10-13H2,1H3. The zero-order valence-electron chi connectivity index (χ0n) is 13.7. The first kappa shape index (κ1) is 18.1. The summed E-state index contributed by atoms with van der Waals surface area (Å²) in [5.41, 5.74) is 0.731. The maximum atomic E-state index is 12.9. The van der Waals surface area contributed by atoms with Crippen molar-refractivity contribution >= 4 is 18.0 Å². The van der Waals surface area contributed by atoms with Crippen molar-refractivity contribution in [1.82, 2.24) is 4.90 Å². The molecule has 6 heteroatoms. The highest BCUT2D eigenvalue weighted by molar-refractivity contribution is 5.92. The lowest BCUT2D eigenvalue weighted by Crippen LogP contribution is -2.37. The Bertz CT molecular complexity index is 579. The van der Waals surface area contributed by atoms with Gasteiger partial charge in [-0.25, -0.2) is 4.39 Å². The Labute approximate surface area is 141 Å². The van der Waals surface area contributed by atoms with Gasteiger partial charge in [-0.2, -0.15) is 0 Å². The molecule has 1 atom stereocenters. The summed E-state index contributed by atoms with van der Waals surface area (Å²) in [5, 5.41) is 0. The number of nitrogens with zero attached hydrogens (tertiary/aromatic N) is 1. The number of esters is 1. The van der Waals surface area contributed by atoms with Crippen LogP contribution >= 0.6 is 0 Å². The van der Waals surface area contributed by atoms with Crippen molar-refractivity contribution in [3.63, 3.8) is 0 Å². The van der Waals surface area contributed by atoms with E-state index in [9.17, 15) is 14.0 Å². The topological polar surface area (TPSA) is 55.8 Å². The lowest BCUT2D eigenvalue weighted by molar-refractivity contribution is -0.141. The molecule has 24 heavy (non-hydrogen) atoms. The molecule has 0 aliphatic carbocycles. The second-order valence-electron chi connectivity index (χ2n) is 5.63. The minimum Gasteiger partial charge on any atom is -0.469 e. The van der Waals surface area contributed by atoms with E-state index in [0.29, 0.717) is 13.2 Å². The maximum absolute atomic E-state index is 12.9. The monoisotopic (exact) mass is 335 g/mol. The zero-order valence-corrected chi connectivity index (χ0v) is 13.7. The molecule has 1 aromatic rings. The molecule has 130 valence electrons. The van der Waals surface area contributed by atoms with Gasteiger partial charge in [0.25, 0.3) is 0 Å². The summed E-state index contributed by atoms with van der Waals surface area (Å²) in [6, 6.07) is 5.87. The number of methoxy groups -OCH3 is 1. The van der Waals surface area contributed by atoms with Crippen molar-refractivity contribution in [2.24, 2.45) is 0 Å². The van der Waals surface area contributed by atoms with Crippen molar-refractivity contribution < 1.29 is 23.5 Å². The third-order valence-corrected chi connectivity index (χ3v) is 3.86. The van der Waals surface area contributed by atoms with Gasteiger partial charge in [-0.1, -0.05) is 12.1 Å². The molecule has 1 aromatic carbocycles. The van der Waals surface area contributed by atoms with E-state index in [1.54, 1.807) is 23.1 Å². The number of carbonyl (C=O) groups is 2. The van der Waals surface area contributed by atoms with Crippen LogP contribution in [0.15, 0.2) is 30.3 Å². The average Bonchev–Trinajstić information content (AvgIpc) is 3.10. The summed E-state index contributed by atoms with van der Waals surface area (Å²) >= 11 is 0. The van der Waals surface area contributed by atoms with Crippen LogP contribution in [-0.4, -0.2) is 49.7 Å². The summed E-state index contributed by atoms with van der Waals surface area (Å²) in [4.78, 5) is 25.4. The number of hydrogen-bond acceptors (Lipinski definition) is 4. The second kappa shape index (κ2) is 9.17. The molecule has 1 saturated heterocycles. The maximum Gasteiger partial charge on any atom is 0.307 e. The number of amides is 1. The Hall–Kier alpha value is -2.21. The number of ether oxygens (including phenoxy) is 2. The first-order valence-corrected chi connectivity index (χ1v) is 7.99. The van der Waals surface area contributed by atoms with E-state index in [2.05, 4.69) is 4.74 Å². The number of halogens is 1. The predicted molar refractivity (Wildman–Crippen MR) is 87.6 cm³/mol. The van der Waals surface area contributed by atoms with Gasteiger partial charge in [-0.3, -0.25) is 9.59 Å². The molecule has 0 N–H and O–H groups in total. The average molecular weight is 335 g/mol. The van der Waals surface area contributed by atoms with Crippen LogP contribution in [0.25, 0.3) is 6.08 Å². The van der Waals surface area contributed by atoms with E-state index in [1.807, 2.05) is 0 Å². The van der Waals surface area contributed by atoms with E-state index in [0.717, 1.165) is 18.4 Å². The Balaban J connectivity index is 1.98. The lowest BCUT2D eigenvalue weighted by Gasteiger charge is -2.24. The second-order valence-corrected chi connectivity index (χ2v) is 5.63. The van der Waals surface area contributed by atoms with Crippen molar-refractivity contribution in [3.8, 4) is 0 Å². The molecule has 1 aliphatic heterocycles. The zero-order chi connectivity index (χ0) is 17.4. The highest BCUT2D eigenvalue weighted by Gasteiger charge is 2.22. The molecule has 1 fully saturated rings. The molecule has 0 radical (unpaired) electrons. The van der Waals surface area contributed by atoms with E-state index in [1.165, 1.54) is 25.3 Å². The van der Waals surface area contributed by atoms with Gasteiger partial charge in [0, 0.05) is 25.8 Å². The SMILES string of the molecule is COC(=O)CCN(CC1CCCO1)C(=O)C=Cc1ccc(F)cc1. The predicted octanol–water partition coefficient (Wildman–Crippen LogP) is 2.41. The molecule has 0 saturated carbocycles. The Morgan fingerprint density at radius 2 is 2.12 bits per heavy atom. The largest absolute Gasteiger partial charge is 0.469 e. The third-order valence-electron chi connectivity index (χ3n) is 3.86. The molecule has 0 spiro atoms. The summed E-state index contributed by atoms with van der Waals surface area (Å²) in [6.45, 7) is 1.43. The summed E-state index contributed by atoms with van der Waals surface area (Å²) in [6.07, 6.45) is 5.09. The third kappa shape index (κ3) is 5.77. The van der Waals surface area contributed by atoms with Crippen LogP contribution < -0.4 is 0 Å². The minimum absolute atomic E-state index is 0.00539. The van der Waals surface area contributed by atoms with Gasteiger partial charge >= 0.3 is 5.97 Å². The molecule has 1 amide bonds. The number of benzene rings is 1. The van der Waals surface area contributed by atoms with E-state index in [4.69, 9.17) is 4.74 Å². The van der Waals surface area contributed by atoms with Crippen LogP contribution in [-0.2, 0) is 19.1 Å². The first-order valence-electron chi connectivity index (χ1n) is 7.99. The fraction of sp³-hybridized carbons (Fsp3) is 0.444. The normalized spacial score (nSPS) is 17.2. The fourth-order valence-electron chi connectivity index (χ4n) is 2.50. The quantitative estimate of drug-likeness (QED) is 0.567. The van der Waals surface area contributed by atoms with Gasteiger partial charge in [0.05, 0.1) is 19.6 Å². The van der Waals surface area contributed by atoms with Crippen molar-refractivity contribution in [3.05, 3.63) is 41.7 Å². The molecule has 5 nitrogen and oxygen atoms in total. The summed E-state index contributed by atoms with van der Waals surface area (Å²) in [7, 11) is 1.32. The van der Waals surface area contributed by atoms with Crippen molar-refractivity contribution in [1.29, 1.82) is 0 Å². The summed E-state index contributed by atoms with van der Waals surface area (Å²) in [5.74, 6) is -0.891. The molecule has 0 bridgehead atoms. The Kier molecular flexibility index (Phi) is 6.93. The Morgan fingerprint density at radius 1 is 1.38 bits per heavy atom. The fourth-order valence-corrected chi connectivity index (χ4v) is 2.50. The van der Waals surface area contributed by atoms with E-state index in [-0.39, 0.29) is 36.8 Å². The van der Waals surface area contributed by atoms with Crippen LogP contribution in [0.2, 0.25) is 0 Å². The van der Waals surface area contributed by atoms with Gasteiger partial charge in [0.1, 0.15) is 5.82 Å². The lowest BCUT2D eigenvalue weighted by atomic mass is 10.2. The molecule has 2 rings (SSSR count). The van der Waals surface area contributed by atoms with Gasteiger partial charge in [-0.15, -0.1) is 0 Å². The molecule has 1 aliphatic rings. The molecule has 1 heterocycles. The van der Waals surface area contributed by atoms with E-state index >= 15 is 0 Å². The van der Waals surface area contributed by atoms with Gasteiger partial charge in [0.15, 0.2) is 0 Å². The van der Waals surface area contributed by atoms with Crippen molar-refractivity contribution in [2.75, 3.05) is 26.8 Å². The van der Waals surface area contributed by atoms with Gasteiger partial charge in [0.2, 0.25) is 5.91 Å². The molecule has 1 unspecified atom stereocenters. The van der Waals surface area contributed by atoms with E-state index < -0.39 is 0 Å². The molecule has 0 aromatic heterocycles. The van der Waals surface area contributed by atoms with Crippen LogP contribution in [0.5, 0.6) is 0 Å². The minimum atomic E-state index is -0.359.